The van der Waals surface area contributed by atoms with Gasteiger partial charge in [-0.1, -0.05) is 24.3 Å². The number of benzene rings is 1. The molecule has 6 heteroatoms. The molecule has 0 amide bonds. The van der Waals surface area contributed by atoms with Gasteiger partial charge in [-0.3, -0.25) is 0 Å². The van der Waals surface area contributed by atoms with E-state index in [9.17, 15) is 9.18 Å². The van der Waals surface area contributed by atoms with E-state index in [4.69, 9.17) is 14.6 Å². The summed E-state index contributed by atoms with van der Waals surface area (Å²) in [6.07, 6.45) is 3.43. The molecular weight excluding hydrogens is 337 g/mol. The van der Waals surface area contributed by atoms with Gasteiger partial charge in [-0.2, -0.15) is 0 Å². The van der Waals surface area contributed by atoms with Crippen LogP contribution in [0.15, 0.2) is 36.5 Å². The molecule has 1 aromatic carbocycles. The van der Waals surface area contributed by atoms with Crippen molar-refractivity contribution in [3.63, 3.8) is 0 Å². The van der Waals surface area contributed by atoms with E-state index in [1.807, 2.05) is 38.1 Å². The van der Waals surface area contributed by atoms with Crippen molar-refractivity contribution in [1.29, 1.82) is 0 Å². The molecule has 0 spiro atoms. The number of ether oxygens (including phenoxy) is 2. The first-order chi connectivity index (χ1) is 12.4. The third-order valence-electron chi connectivity index (χ3n) is 4.53. The lowest BCUT2D eigenvalue weighted by Gasteiger charge is -2.42. The van der Waals surface area contributed by atoms with Crippen molar-refractivity contribution >= 4 is 5.97 Å². The number of carboxylic acids is 1. The number of rotatable bonds is 7. The fraction of sp³-hybridized carbons (Fsp3) is 0.400. The molecule has 1 heterocycles. The normalized spacial score (nSPS) is 15.5. The van der Waals surface area contributed by atoms with Crippen LogP contribution in [-0.4, -0.2) is 28.8 Å². The fourth-order valence-electron chi connectivity index (χ4n) is 3.24. The van der Waals surface area contributed by atoms with E-state index in [1.54, 1.807) is 6.07 Å². The van der Waals surface area contributed by atoms with Crippen molar-refractivity contribution < 1.29 is 23.8 Å². The van der Waals surface area contributed by atoms with Crippen LogP contribution >= 0.6 is 0 Å². The average molecular weight is 359 g/mol. The monoisotopic (exact) mass is 359 g/mol. The first-order valence-electron chi connectivity index (χ1n) is 8.69. The number of hydrogen-bond donors (Lipinski definition) is 1. The van der Waals surface area contributed by atoms with Gasteiger partial charge in [0.1, 0.15) is 12.4 Å². The lowest BCUT2D eigenvalue weighted by Crippen LogP contribution is -2.39. The Kier molecular flexibility index (Phi) is 5.23. The van der Waals surface area contributed by atoms with Crippen LogP contribution in [-0.2, 0) is 15.1 Å². The number of halogens is 1. The maximum Gasteiger partial charge on any atom is 0.329 e. The number of carbonyl (C=O) groups is 1. The van der Waals surface area contributed by atoms with Crippen LogP contribution in [0.4, 0.5) is 4.39 Å². The Morgan fingerprint density at radius 1 is 1.31 bits per heavy atom. The largest absolute Gasteiger partial charge is 0.480 e. The van der Waals surface area contributed by atoms with Crippen LogP contribution in [0.3, 0.4) is 0 Å². The standard InChI is InChI=1S/C20H22FNO4/c1-13(2)26-18-10-15(17(21)11-22-18)14-6-3-4-7-16(14)20(8-5-9-20)25-12-19(23)24/h3-4,6-7,10-11,13H,5,8-9,12H2,1-2H3,(H,23,24). The molecule has 0 atom stereocenters. The summed E-state index contributed by atoms with van der Waals surface area (Å²) >= 11 is 0. The van der Waals surface area contributed by atoms with E-state index in [2.05, 4.69) is 4.98 Å². The van der Waals surface area contributed by atoms with Crippen LogP contribution in [0.1, 0.15) is 38.7 Å². The van der Waals surface area contributed by atoms with Gasteiger partial charge in [0.25, 0.3) is 0 Å². The summed E-state index contributed by atoms with van der Waals surface area (Å²) in [5.74, 6) is -1.13. The van der Waals surface area contributed by atoms with E-state index in [-0.39, 0.29) is 12.7 Å². The zero-order valence-electron chi connectivity index (χ0n) is 14.9. The number of aromatic nitrogens is 1. The van der Waals surface area contributed by atoms with Gasteiger partial charge in [0, 0.05) is 11.6 Å². The van der Waals surface area contributed by atoms with Crippen LogP contribution in [0.25, 0.3) is 11.1 Å². The molecule has 1 aliphatic carbocycles. The quantitative estimate of drug-likeness (QED) is 0.804. The van der Waals surface area contributed by atoms with Crippen LogP contribution in [0.2, 0.25) is 0 Å². The maximum atomic E-state index is 14.5. The van der Waals surface area contributed by atoms with E-state index in [0.717, 1.165) is 18.2 Å². The van der Waals surface area contributed by atoms with Gasteiger partial charge in [-0.15, -0.1) is 0 Å². The van der Waals surface area contributed by atoms with Crippen molar-refractivity contribution in [3.8, 4) is 17.0 Å². The summed E-state index contributed by atoms with van der Waals surface area (Å²) in [5, 5.41) is 8.98. The lowest BCUT2D eigenvalue weighted by atomic mass is 9.72. The Morgan fingerprint density at radius 2 is 2.04 bits per heavy atom. The molecule has 26 heavy (non-hydrogen) atoms. The topological polar surface area (TPSA) is 68.7 Å². The Hall–Kier alpha value is -2.47. The van der Waals surface area contributed by atoms with Gasteiger partial charge < -0.3 is 14.6 Å². The molecule has 5 nitrogen and oxygen atoms in total. The van der Waals surface area contributed by atoms with Crippen LogP contribution in [0, 0.1) is 5.82 Å². The van der Waals surface area contributed by atoms with Gasteiger partial charge in [0.05, 0.1) is 17.9 Å². The smallest absolute Gasteiger partial charge is 0.329 e. The predicted molar refractivity (Wildman–Crippen MR) is 94.5 cm³/mol. The van der Waals surface area contributed by atoms with Gasteiger partial charge in [0.2, 0.25) is 5.88 Å². The summed E-state index contributed by atoms with van der Waals surface area (Å²) in [5.41, 5.74) is 1.15. The molecule has 1 fully saturated rings. The summed E-state index contributed by atoms with van der Waals surface area (Å²) in [7, 11) is 0. The minimum absolute atomic E-state index is 0.0760. The maximum absolute atomic E-state index is 14.5. The molecule has 2 aromatic rings. The van der Waals surface area contributed by atoms with Crippen molar-refractivity contribution in [2.75, 3.05) is 6.61 Å². The van der Waals surface area contributed by atoms with E-state index in [1.165, 1.54) is 0 Å². The third kappa shape index (κ3) is 3.70. The molecule has 0 saturated heterocycles. The summed E-state index contributed by atoms with van der Waals surface area (Å²) in [6, 6.07) is 8.95. The number of carboxylic acid groups (broad SMARTS) is 1. The highest BCUT2D eigenvalue weighted by molar-refractivity contribution is 5.71. The molecule has 0 unspecified atom stereocenters. The highest BCUT2D eigenvalue weighted by Gasteiger charge is 2.42. The molecular formula is C20H22FNO4. The number of pyridine rings is 1. The Morgan fingerprint density at radius 3 is 2.65 bits per heavy atom. The first-order valence-corrected chi connectivity index (χ1v) is 8.69. The molecule has 0 radical (unpaired) electrons. The summed E-state index contributed by atoms with van der Waals surface area (Å²) < 4.78 is 25.9. The van der Waals surface area contributed by atoms with Crippen molar-refractivity contribution in [2.45, 2.75) is 44.8 Å². The van der Waals surface area contributed by atoms with Crippen molar-refractivity contribution in [3.05, 3.63) is 47.9 Å². The van der Waals surface area contributed by atoms with Gasteiger partial charge in [-0.05, 0) is 44.2 Å². The highest BCUT2D eigenvalue weighted by Crippen LogP contribution is 2.48. The van der Waals surface area contributed by atoms with Gasteiger partial charge in [0.15, 0.2) is 0 Å². The lowest BCUT2D eigenvalue weighted by molar-refractivity contribution is -0.159. The SMILES string of the molecule is CC(C)Oc1cc(-c2ccccc2C2(OCC(=O)O)CCC2)c(F)cn1. The second kappa shape index (κ2) is 7.41. The Labute approximate surface area is 151 Å². The molecule has 1 aliphatic rings. The minimum Gasteiger partial charge on any atom is -0.480 e. The molecule has 1 aromatic heterocycles. The zero-order valence-corrected chi connectivity index (χ0v) is 14.9. The van der Waals surface area contributed by atoms with Crippen LogP contribution < -0.4 is 4.74 Å². The summed E-state index contributed by atoms with van der Waals surface area (Å²) in [4.78, 5) is 14.9. The minimum atomic E-state index is -1.02. The molecule has 138 valence electrons. The molecule has 0 bridgehead atoms. The predicted octanol–water partition coefficient (Wildman–Crippen LogP) is 4.16. The Bertz CT molecular complexity index is 802. The van der Waals surface area contributed by atoms with Gasteiger partial charge in [-0.25, -0.2) is 14.2 Å². The molecule has 3 rings (SSSR count). The number of hydrogen-bond acceptors (Lipinski definition) is 4. The third-order valence-corrected chi connectivity index (χ3v) is 4.53. The fourth-order valence-corrected chi connectivity index (χ4v) is 3.24. The second-order valence-corrected chi connectivity index (χ2v) is 6.74. The van der Waals surface area contributed by atoms with E-state index < -0.39 is 17.4 Å². The number of nitrogens with zero attached hydrogens (tertiary/aromatic N) is 1. The zero-order chi connectivity index (χ0) is 18.7. The van der Waals surface area contributed by atoms with E-state index in [0.29, 0.717) is 29.8 Å². The average Bonchev–Trinajstić information content (AvgIpc) is 2.55. The highest BCUT2D eigenvalue weighted by atomic mass is 19.1. The van der Waals surface area contributed by atoms with Crippen molar-refractivity contribution in [1.82, 2.24) is 4.98 Å². The molecule has 1 saturated carbocycles. The van der Waals surface area contributed by atoms with Crippen molar-refractivity contribution in [2.24, 2.45) is 0 Å². The van der Waals surface area contributed by atoms with Crippen LogP contribution in [0.5, 0.6) is 5.88 Å². The molecule has 1 N–H and O–H groups in total. The number of aliphatic carboxylic acids is 1. The first kappa shape index (κ1) is 18.3. The second-order valence-electron chi connectivity index (χ2n) is 6.74. The van der Waals surface area contributed by atoms with E-state index >= 15 is 0 Å². The Balaban J connectivity index is 2.03. The van der Waals surface area contributed by atoms with Gasteiger partial charge >= 0.3 is 5.97 Å². The summed E-state index contributed by atoms with van der Waals surface area (Å²) in [6.45, 7) is 3.37. The molecule has 0 aliphatic heterocycles.